The Balaban J connectivity index is 2.23. The molecule has 1 fully saturated rings. The molecule has 3 heteroatoms. The first-order valence-electron chi connectivity index (χ1n) is 6.09. The van der Waals surface area contributed by atoms with E-state index in [1.54, 1.807) is 7.11 Å². The summed E-state index contributed by atoms with van der Waals surface area (Å²) < 4.78 is 5.15. The summed E-state index contributed by atoms with van der Waals surface area (Å²) in [4.78, 5) is 12.5. The highest BCUT2D eigenvalue weighted by Gasteiger charge is 2.34. The fraction of sp³-hybridized carbons (Fsp3) is 0.500. The number of carbonyl (C=O) groups is 1. The van der Waals surface area contributed by atoms with E-state index in [0.29, 0.717) is 0 Å². The summed E-state index contributed by atoms with van der Waals surface area (Å²) in [6.07, 6.45) is 3.17. The molecule has 0 bridgehead atoms. The molecule has 1 saturated heterocycles. The van der Waals surface area contributed by atoms with Gasteiger partial charge in [-0.25, -0.2) is 0 Å². The van der Waals surface area contributed by atoms with Crippen molar-refractivity contribution >= 4 is 5.78 Å². The van der Waals surface area contributed by atoms with Crippen LogP contribution in [0.1, 0.15) is 36.5 Å². The maximum Gasteiger partial charge on any atom is 0.182 e. The number of benzene rings is 1. The molecule has 17 heavy (non-hydrogen) atoms. The van der Waals surface area contributed by atoms with Crippen molar-refractivity contribution in [2.75, 3.05) is 13.7 Å². The predicted molar refractivity (Wildman–Crippen MR) is 67.6 cm³/mol. The molecule has 2 rings (SSSR count). The lowest BCUT2D eigenvalue weighted by Gasteiger charge is -2.33. The molecule has 1 aromatic carbocycles. The van der Waals surface area contributed by atoms with Crippen LogP contribution in [0.25, 0.3) is 0 Å². The van der Waals surface area contributed by atoms with Crippen LogP contribution in [-0.4, -0.2) is 25.0 Å². The fourth-order valence-electron chi connectivity index (χ4n) is 2.33. The summed E-state index contributed by atoms with van der Waals surface area (Å²) in [5.74, 6) is 0.895. The van der Waals surface area contributed by atoms with E-state index < -0.39 is 5.54 Å². The monoisotopic (exact) mass is 233 g/mol. The van der Waals surface area contributed by atoms with E-state index in [2.05, 4.69) is 5.32 Å². The smallest absolute Gasteiger partial charge is 0.182 e. The van der Waals surface area contributed by atoms with Gasteiger partial charge in [-0.1, -0.05) is 12.1 Å². The van der Waals surface area contributed by atoms with Crippen molar-refractivity contribution in [3.63, 3.8) is 0 Å². The van der Waals surface area contributed by atoms with E-state index in [1.807, 2.05) is 31.2 Å². The van der Waals surface area contributed by atoms with Crippen LogP contribution < -0.4 is 10.1 Å². The Labute approximate surface area is 102 Å². The maximum absolute atomic E-state index is 12.5. The first-order chi connectivity index (χ1) is 8.15. The molecule has 0 saturated carbocycles. The molecule has 3 nitrogen and oxygen atoms in total. The standard InChI is InChI=1S/C14H19NO2/c1-14(8-3-4-9-15-14)13(16)11-6-5-7-12(10-11)17-2/h5-7,10,15H,3-4,8-9H2,1-2H3. The summed E-state index contributed by atoms with van der Waals surface area (Å²) >= 11 is 0. The predicted octanol–water partition coefficient (Wildman–Crippen LogP) is 2.41. The number of rotatable bonds is 3. The zero-order valence-electron chi connectivity index (χ0n) is 10.5. The van der Waals surface area contributed by atoms with Gasteiger partial charge < -0.3 is 10.1 Å². The van der Waals surface area contributed by atoms with Gasteiger partial charge in [-0.3, -0.25) is 4.79 Å². The summed E-state index contributed by atoms with van der Waals surface area (Å²) in [5.41, 5.74) is 0.311. The van der Waals surface area contributed by atoms with Crippen molar-refractivity contribution in [2.24, 2.45) is 0 Å². The first-order valence-corrected chi connectivity index (χ1v) is 6.09. The zero-order valence-corrected chi connectivity index (χ0v) is 10.5. The molecular formula is C14H19NO2. The Kier molecular flexibility index (Phi) is 3.48. The van der Waals surface area contributed by atoms with Crippen molar-refractivity contribution in [1.82, 2.24) is 5.32 Å². The molecule has 0 aromatic heterocycles. The molecule has 1 aliphatic heterocycles. The normalized spacial score (nSPS) is 24.4. The van der Waals surface area contributed by atoms with Gasteiger partial charge in [0.1, 0.15) is 5.75 Å². The quantitative estimate of drug-likeness (QED) is 0.815. The molecule has 1 atom stereocenters. The van der Waals surface area contributed by atoms with E-state index in [-0.39, 0.29) is 5.78 Å². The molecule has 0 amide bonds. The molecular weight excluding hydrogens is 214 g/mol. The van der Waals surface area contributed by atoms with Crippen LogP contribution in [0.4, 0.5) is 0 Å². The topological polar surface area (TPSA) is 38.3 Å². The summed E-state index contributed by atoms with van der Waals surface area (Å²) in [6, 6.07) is 7.38. The van der Waals surface area contributed by atoms with E-state index in [4.69, 9.17) is 4.74 Å². The van der Waals surface area contributed by atoms with Gasteiger partial charge in [-0.2, -0.15) is 0 Å². The number of carbonyl (C=O) groups excluding carboxylic acids is 1. The summed E-state index contributed by atoms with van der Waals surface area (Å²) in [5, 5.41) is 3.34. The minimum absolute atomic E-state index is 0.163. The number of piperidine rings is 1. The number of methoxy groups -OCH3 is 1. The second kappa shape index (κ2) is 4.88. The first kappa shape index (κ1) is 12.1. The largest absolute Gasteiger partial charge is 0.497 e. The van der Waals surface area contributed by atoms with Crippen LogP contribution in [0.3, 0.4) is 0 Å². The number of hydrogen-bond donors (Lipinski definition) is 1. The molecule has 92 valence electrons. The van der Waals surface area contributed by atoms with Crippen LogP contribution in [0, 0.1) is 0 Å². The van der Waals surface area contributed by atoms with Crippen molar-refractivity contribution in [1.29, 1.82) is 0 Å². The number of Topliss-reactive ketones (excluding diaryl/α,β-unsaturated/α-hetero) is 1. The van der Waals surface area contributed by atoms with E-state index in [0.717, 1.165) is 37.1 Å². The minimum Gasteiger partial charge on any atom is -0.497 e. The average molecular weight is 233 g/mol. The average Bonchev–Trinajstić information content (AvgIpc) is 2.39. The van der Waals surface area contributed by atoms with Gasteiger partial charge in [-0.15, -0.1) is 0 Å². The number of hydrogen-bond acceptors (Lipinski definition) is 3. The zero-order chi connectivity index (χ0) is 12.3. The number of ketones is 1. The van der Waals surface area contributed by atoms with Crippen molar-refractivity contribution < 1.29 is 9.53 Å². The van der Waals surface area contributed by atoms with Crippen molar-refractivity contribution in [3.8, 4) is 5.75 Å². The second-order valence-electron chi connectivity index (χ2n) is 4.78. The lowest BCUT2D eigenvalue weighted by atomic mass is 9.84. The molecule has 1 unspecified atom stereocenters. The van der Waals surface area contributed by atoms with Crippen LogP contribution >= 0.6 is 0 Å². The Hall–Kier alpha value is -1.35. The highest BCUT2D eigenvalue weighted by atomic mass is 16.5. The molecule has 1 N–H and O–H groups in total. The van der Waals surface area contributed by atoms with E-state index >= 15 is 0 Å². The molecule has 0 radical (unpaired) electrons. The molecule has 1 heterocycles. The third-order valence-corrected chi connectivity index (χ3v) is 3.45. The lowest BCUT2D eigenvalue weighted by Crippen LogP contribution is -2.52. The molecule has 0 aliphatic carbocycles. The second-order valence-corrected chi connectivity index (χ2v) is 4.78. The fourth-order valence-corrected chi connectivity index (χ4v) is 2.33. The van der Waals surface area contributed by atoms with E-state index in [1.165, 1.54) is 0 Å². The Bertz CT molecular complexity index is 408. The van der Waals surface area contributed by atoms with Crippen molar-refractivity contribution in [2.45, 2.75) is 31.7 Å². The molecule has 1 aliphatic rings. The van der Waals surface area contributed by atoms with Gasteiger partial charge in [0, 0.05) is 5.56 Å². The van der Waals surface area contributed by atoms with Gasteiger partial charge in [0.2, 0.25) is 0 Å². The third-order valence-electron chi connectivity index (χ3n) is 3.45. The summed E-state index contributed by atoms with van der Waals surface area (Å²) in [6.45, 7) is 2.92. The SMILES string of the molecule is COc1cccc(C(=O)C2(C)CCCCN2)c1. The van der Waals surface area contributed by atoms with Gasteiger partial charge in [0.15, 0.2) is 5.78 Å². The Morgan fingerprint density at radius 3 is 2.88 bits per heavy atom. The van der Waals surface area contributed by atoms with Crippen LogP contribution in [-0.2, 0) is 0 Å². The van der Waals surface area contributed by atoms with Gasteiger partial charge in [0.25, 0.3) is 0 Å². The van der Waals surface area contributed by atoms with Crippen molar-refractivity contribution in [3.05, 3.63) is 29.8 Å². The number of ether oxygens (including phenoxy) is 1. The highest BCUT2D eigenvalue weighted by Crippen LogP contribution is 2.24. The molecule has 0 spiro atoms. The Morgan fingerprint density at radius 1 is 1.41 bits per heavy atom. The van der Waals surface area contributed by atoms with Crippen LogP contribution in [0.15, 0.2) is 24.3 Å². The van der Waals surface area contributed by atoms with Gasteiger partial charge in [0.05, 0.1) is 12.6 Å². The van der Waals surface area contributed by atoms with Gasteiger partial charge in [-0.05, 0) is 44.9 Å². The highest BCUT2D eigenvalue weighted by molar-refractivity contribution is 6.03. The molecule has 1 aromatic rings. The third kappa shape index (κ3) is 2.50. The lowest BCUT2D eigenvalue weighted by molar-refractivity contribution is 0.0834. The summed E-state index contributed by atoms with van der Waals surface area (Å²) in [7, 11) is 1.62. The van der Waals surface area contributed by atoms with Crippen LogP contribution in [0.5, 0.6) is 5.75 Å². The van der Waals surface area contributed by atoms with Crippen LogP contribution in [0.2, 0.25) is 0 Å². The Morgan fingerprint density at radius 2 is 2.24 bits per heavy atom. The van der Waals surface area contributed by atoms with E-state index in [9.17, 15) is 4.79 Å². The number of nitrogens with one attached hydrogen (secondary N) is 1. The minimum atomic E-state index is -0.412. The van der Waals surface area contributed by atoms with Gasteiger partial charge >= 0.3 is 0 Å². The maximum atomic E-state index is 12.5.